The van der Waals surface area contributed by atoms with Gasteiger partial charge in [-0.05, 0) is 0 Å². The van der Waals surface area contributed by atoms with Crippen LogP contribution < -0.4 is 0 Å². The van der Waals surface area contributed by atoms with Crippen molar-refractivity contribution in [3.63, 3.8) is 0 Å². The quantitative estimate of drug-likeness (QED) is 0.324. The standard InChI is InChI=1S/C6H11.3C4H9.Sn/c1-4-6(3)5-2;3*1-3-4-2;/h1,4,6H,5H2,2-3H3;3*1,3-4H2,2H3;/t6-;;;;/m1..../s1. The Balaban J connectivity index is 4.80. The van der Waals surface area contributed by atoms with Crippen LogP contribution in [0.5, 0.6) is 0 Å². The summed E-state index contributed by atoms with van der Waals surface area (Å²) < 4.78 is 7.65. The fraction of sp³-hybridized carbons (Fsp3) is 0.889. The Morgan fingerprint density at radius 3 is 1.53 bits per heavy atom. The van der Waals surface area contributed by atoms with Crippen LogP contribution in [0.15, 0.2) is 10.2 Å². The second-order valence-electron chi connectivity index (χ2n) is 6.42. The summed E-state index contributed by atoms with van der Waals surface area (Å²) in [6.07, 6.45) is 12.5. The molecule has 0 aromatic carbocycles. The third kappa shape index (κ3) is 9.15. The number of hydrogen-bond donors (Lipinski definition) is 0. The molecule has 0 bridgehead atoms. The average molecular weight is 373 g/mol. The molecule has 0 aromatic rings. The van der Waals surface area contributed by atoms with Gasteiger partial charge in [0.1, 0.15) is 0 Å². The van der Waals surface area contributed by atoms with E-state index in [1.807, 2.05) is 0 Å². The summed E-state index contributed by atoms with van der Waals surface area (Å²) in [5.74, 6) is 0.793. The van der Waals surface area contributed by atoms with Crippen LogP contribution in [-0.2, 0) is 0 Å². The van der Waals surface area contributed by atoms with Crippen molar-refractivity contribution in [1.29, 1.82) is 0 Å². The molecule has 0 radical (unpaired) electrons. The zero-order valence-electron chi connectivity index (χ0n) is 14.3. The van der Waals surface area contributed by atoms with Crippen LogP contribution in [0, 0.1) is 5.92 Å². The molecule has 0 N–H and O–H groups in total. The fourth-order valence-electron chi connectivity index (χ4n) is 2.72. The molecule has 19 heavy (non-hydrogen) atoms. The van der Waals surface area contributed by atoms with Gasteiger partial charge in [-0.15, -0.1) is 0 Å². The summed E-state index contributed by atoms with van der Waals surface area (Å²) in [5.41, 5.74) is 0. The van der Waals surface area contributed by atoms with E-state index in [4.69, 9.17) is 0 Å². The van der Waals surface area contributed by atoms with Crippen LogP contribution in [0.2, 0.25) is 13.3 Å². The normalized spacial score (nSPS) is 14.2. The number of allylic oxidation sites excluding steroid dienone is 1. The first kappa shape index (κ1) is 19.5. The van der Waals surface area contributed by atoms with Gasteiger partial charge < -0.3 is 0 Å². The van der Waals surface area contributed by atoms with Crippen molar-refractivity contribution in [1.82, 2.24) is 0 Å². The SMILES string of the molecule is CCC[CH2][Sn](/[CH]=C/[C@@H](C)CC)([CH2]CCC)[CH2]CCC. The maximum atomic E-state index is 2.82. The molecule has 0 heterocycles. The van der Waals surface area contributed by atoms with E-state index in [9.17, 15) is 0 Å². The van der Waals surface area contributed by atoms with Crippen LogP contribution >= 0.6 is 0 Å². The Hall–Kier alpha value is 0.539. The van der Waals surface area contributed by atoms with Gasteiger partial charge in [0, 0.05) is 0 Å². The Morgan fingerprint density at radius 2 is 1.21 bits per heavy atom. The first-order valence-electron chi connectivity index (χ1n) is 8.83. The van der Waals surface area contributed by atoms with E-state index < -0.39 is 18.4 Å². The van der Waals surface area contributed by atoms with Crippen molar-refractivity contribution in [3.8, 4) is 0 Å². The minimum absolute atomic E-state index is 0.793. The molecular formula is C18H38Sn. The molecule has 0 aliphatic rings. The molecular weight excluding hydrogens is 335 g/mol. The summed E-state index contributed by atoms with van der Waals surface area (Å²) in [6.45, 7) is 11.8. The molecule has 0 aliphatic heterocycles. The molecule has 0 rings (SSSR count). The third-order valence-corrected chi connectivity index (χ3v) is 18.6. The maximum absolute atomic E-state index is 2.82. The number of hydrogen-bond acceptors (Lipinski definition) is 0. The molecule has 0 aliphatic carbocycles. The van der Waals surface area contributed by atoms with Gasteiger partial charge in [0.15, 0.2) is 0 Å². The Bertz CT molecular complexity index is 198. The first-order valence-corrected chi connectivity index (χ1v) is 16.5. The van der Waals surface area contributed by atoms with Crippen LogP contribution in [-0.4, -0.2) is 18.4 Å². The van der Waals surface area contributed by atoms with Gasteiger partial charge >= 0.3 is 127 Å². The molecule has 0 saturated heterocycles. The molecule has 0 aromatic heterocycles. The van der Waals surface area contributed by atoms with E-state index in [2.05, 4.69) is 44.8 Å². The van der Waals surface area contributed by atoms with Crippen LogP contribution in [0.3, 0.4) is 0 Å². The molecule has 114 valence electrons. The van der Waals surface area contributed by atoms with Gasteiger partial charge in [-0.25, -0.2) is 0 Å². The Kier molecular flexibility index (Phi) is 12.6. The predicted octanol–water partition coefficient (Wildman–Crippen LogP) is 6.98. The van der Waals surface area contributed by atoms with Gasteiger partial charge in [-0.2, -0.15) is 0 Å². The minimum atomic E-state index is -1.95. The molecule has 0 saturated carbocycles. The topological polar surface area (TPSA) is 0 Å². The van der Waals surface area contributed by atoms with Crippen LogP contribution in [0.1, 0.15) is 79.6 Å². The van der Waals surface area contributed by atoms with Crippen molar-refractivity contribution in [2.45, 2.75) is 92.9 Å². The van der Waals surface area contributed by atoms with Gasteiger partial charge in [-0.3, -0.25) is 0 Å². The molecule has 1 atom stereocenters. The summed E-state index contributed by atoms with van der Waals surface area (Å²) in [5, 5.41) is 0. The fourth-order valence-corrected chi connectivity index (χ4v) is 17.4. The molecule has 0 amide bonds. The van der Waals surface area contributed by atoms with E-state index in [0.29, 0.717) is 0 Å². The van der Waals surface area contributed by atoms with Gasteiger partial charge in [0.05, 0.1) is 0 Å². The van der Waals surface area contributed by atoms with Crippen molar-refractivity contribution in [2.24, 2.45) is 5.92 Å². The summed E-state index contributed by atoms with van der Waals surface area (Å²) >= 11 is -1.95. The van der Waals surface area contributed by atoms with E-state index in [-0.39, 0.29) is 0 Å². The van der Waals surface area contributed by atoms with Gasteiger partial charge in [-0.1, -0.05) is 0 Å². The zero-order valence-corrected chi connectivity index (χ0v) is 17.2. The van der Waals surface area contributed by atoms with E-state index in [1.165, 1.54) is 44.9 Å². The van der Waals surface area contributed by atoms with Crippen molar-refractivity contribution < 1.29 is 0 Å². The van der Waals surface area contributed by atoms with E-state index in [0.717, 1.165) is 5.92 Å². The molecule has 0 nitrogen and oxygen atoms in total. The first-order chi connectivity index (χ1) is 9.14. The van der Waals surface area contributed by atoms with Crippen molar-refractivity contribution in [2.75, 3.05) is 0 Å². The Labute approximate surface area is 127 Å². The van der Waals surface area contributed by atoms with Crippen molar-refractivity contribution >= 4 is 18.4 Å². The number of rotatable bonds is 12. The van der Waals surface area contributed by atoms with Gasteiger partial charge in [0.25, 0.3) is 0 Å². The molecule has 0 spiro atoms. The average Bonchev–Trinajstić information content (AvgIpc) is 2.45. The third-order valence-electron chi connectivity index (χ3n) is 4.51. The van der Waals surface area contributed by atoms with E-state index in [1.54, 1.807) is 13.3 Å². The second kappa shape index (κ2) is 12.3. The second-order valence-corrected chi connectivity index (χ2v) is 19.4. The summed E-state index contributed by atoms with van der Waals surface area (Å²) in [4.78, 5) is 0. The van der Waals surface area contributed by atoms with Crippen molar-refractivity contribution in [3.05, 3.63) is 10.2 Å². The monoisotopic (exact) mass is 374 g/mol. The van der Waals surface area contributed by atoms with Crippen LogP contribution in [0.4, 0.5) is 0 Å². The molecule has 0 unspecified atom stereocenters. The summed E-state index contributed by atoms with van der Waals surface area (Å²) in [7, 11) is 0. The van der Waals surface area contributed by atoms with Crippen LogP contribution in [0.25, 0.3) is 0 Å². The zero-order chi connectivity index (χ0) is 14.6. The number of unbranched alkanes of at least 4 members (excludes halogenated alkanes) is 3. The molecule has 0 fully saturated rings. The predicted molar refractivity (Wildman–Crippen MR) is 93.5 cm³/mol. The van der Waals surface area contributed by atoms with E-state index >= 15 is 0 Å². The summed E-state index contributed by atoms with van der Waals surface area (Å²) in [6, 6.07) is 0. The Morgan fingerprint density at radius 1 is 0.789 bits per heavy atom. The molecule has 1 heteroatoms. The van der Waals surface area contributed by atoms with Gasteiger partial charge in [0.2, 0.25) is 0 Å².